The summed E-state index contributed by atoms with van der Waals surface area (Å²) >= 11 is 0. The van der Waals surface area contributed by atoms with Gasteiger partial charge in [0.2, 0.25) is 5.91 Å². The topological polar surface area (TPSA) is 47.6 Å². The van der Waals surface area contributed by atoms with E-state index in [1.54, 1.807) is 0 Å². The lowest BCUT2D eigenvalue weighted by Gasteiger charge is -2.08. The Labute approximate surface area is 107 Å². The highest BCUT2D eigenvalue weighted by Gasteiger charge is 2.17. The van der Waals surface area contributed by atoms with Crippen LogP contribution in [0, 0.1) is 0 Å². The van der Waals surface area contributed by atoms with Gasteiger partial charge in [0.1, 0.15) is 0 Å². The van der Waals surface area contributed by atoms with Crippen LogP contribution in [-0.2, 0) is 14.3 Å². The molecule has 1 saturated heterocycles. The van der Waals surface area contributed by atoms with E-state index in [4.69, 9.17) is 9.47 Å². The molecule has 0 bridgehead atoms. The maximum absolute atomic E-state index is 10.7. The highest BCUT2D eigenvalue weighted by atomic mass is 16.7. The van der Waals surface area contributed by atoms with Crippen molar-refractivity contribution in [3.63, 3.8) is 0 Å². The summed E-state index contributed by atoms with van der Waals surface area (Å²) in [4.78, 5) is 10.7. The van der Waals surface area contributed by atoms with Crippen molar-refractivity contribution in [1.82, 2.24) is 5.32 Å². The number of ether oxygens (including phenoxy) is 2. The van der Waals surface area contributed by atoms with Crippen molar-refractivity contribution < 1.29 is 14.3 Å². The van der Waals surface area contributed by atoms with Crippen molar-refractivity contribution in [1.29, 1.82) is 0 Å². The summed E-state index contributed by atoms with van der Waals surface area (Å²) in [5, 5.41) is 2.71. The average molecular weight is 247 g/mol. The largest absolute Gasteiger partial charge is 0.353 e. The summed E-state index contributed by atoms with van der Waals surface area (Å²) in [7, 11) is 0. The number of amides is 1. The first-order chi connectivity index (χ1) is 8.75. The monoisotopic (exact) mass is 247 g/mol. The van der Waals surface area contributed by atoms with E-state index in [9.17, 15) is 4.79 Å². The third kappa shape index (κ3) is 3.68. The number of nitrogens with one attached hydrogen (secondary N) is 1. The Hall–Kier alpha value is -1.65. The first-order valence-electron chi connectivity index (χ1n) is 6.00. The van der Waals surface area contributed by atoms with Gasteiger partial charge in [-0.15, -0.1) is 0 Å². The van der Waals surface area contributed by atoms with Crippen LogP contribution in [-0.4, -0.2) is 25.7 Å². The number of carbonyl (C=O) groups is 1. The zero-order chi connectivity index (χ0) is 12.8. The van der Waals surface area contributed by atoms with Gasteiger partial charge in [0.15, 0.2) is 6.29 Å². The fourth-order valence-corrected chi connectivity index (χ4v) is 1.71. The number of hydrogen-bond donors (Lipinski definition) is 1. The molecular weight excluding hydrogens is 230 g/mol. The van der Waals surface area contributed by atoms with Gasteiger partial charge < -0.3 is 14.8 Å². The highest BCUT2D eigenvalue weighted by molar-refractivity contribution is 5.73. The van der Waals surface area contributed by atoms with Gasteiger partial charge in [-0.2, -0.15) is 0 Å². The van der Waals surface area contributed by atoms with E-state index < -0.39 is 0 Å². The summed E-state index contributed by atoms with van der Waals surface area (Å²) in [5.41, 5.74) is 2.12. The van der Waals surface area contributed by atoms with Crippen LogP contribution >= 0.6 is 0 Å². The molecule has 0 radical (unpaired) electrons. The average Bonchev–Trinajstić information content (AvgIpc) is 2.89. The number of hydrogen-bond acceptors (Lipinski definition) is 3. The van der Waals surface area contributed by atoms with Crippen LogP contribution in [0.3, 0.4) is 0 Å². The number of benzene rings is 1. The van der Waals surface area contributed by atoms with E-state index in [0.29, 0.717) is 19.8 Å². The Morgan fingerprint density at radius 1 is 1.33 bits per heavy atom. The smallest absolute Gasteiger partial charge is 0.217 e. The second kappa shape index (κ2) is 6.33. The molecule has 1 aromatic carbocycles. The Morgan fingerprint density at radius 2 is 2.00 bits per heavy atom. The van der Waals surface area contributed by atoms with Gasteiger partial charge >= 0.3 is 0 Å². The Morgan fingerprint density at radius 3 is 2.61 bits per heavy atom. The fourth-order valence-electron chi connectivity index (χ4n) is 1.71. The van der Waals surface area contributed by atoms with Crippen LogP contribution in [0.1, 0.15) is 24.3 Å². The quantitative estimate of drug-likeness (QED) is 0.883. The van der Waals surface area contributed by atoms with E-state index in [1.807, 2.05) is 36.4 Å². The maximum atomic E-state index is 10.7. The Balaban J connectivity index is 1.88. The van der Waals surface area contributed by atoms with E-state index >= 15 is 0 Å². The van der Waals surface area contributed by atoms with Crippen molar-refractivity contribution in [3.05, 3.63) is 41.5 Å². The Bertz CT molecular complexity index is 419. The van der Waals surface area contributed by atoms with Crippen molar-refractivity contribution in [2.75, 3.05) is 19.8 Å². The zero-order valence-electron chi connectivity index (χ0n) is 10.4. The molecule has 0 saturated carbocycles. The molecular formula is C14H17NO3. The van der Waals surface area contributed by atoms with Crippen LogP contribution < -0.4 is 5.32 Å². The Kier molecular flexibility index (Phi) is 4.50. The molecule has 18 heavy (non-hydrogen) atoms. The van der Waals surface area contributed by atoms with Gasteiger partial charge in [0, 0.05) is 19.0 Å². The zero-order valence-corrected chi connectivity index (χ0v) is 10.4. The molecule has 0 aliphatic carbocycles. The van der Waals surface area contributed by atoms with Gasteiger partial charge in [-0.05, 0) is 5.56 Å². The third-order valence-electron chi connectivity index (χ3n) is 2.61. The highest BCUT2D eigenvalue weighted by Crippen LogP contribution is 2.23. The third-order valence-corrected chi connectivity index (χ3v) is 2.61. The predicted octanol–water partition coefficient (Wildman–Crippen LogP) is 1.88. The summed E-state index contributed by atoms with van der Waals surface area (Å²) in [6.07, 6.45) is 3.66. The molecule has 0 atom stereocenters. The molecule has 4 nitrogen and oxygen atoms in total. The van der Waals surface area contributed by atoms with Crippen molar-refractivity contribution in [2.45, 2.75) is 13.2 Å². The molecule has 1 aromatic rings. The van der Waals surface area contributed by atoms with Crippen molar-refractivity contribution >= 4 is 12.0 Å². The van der Waals surface area contributed by atoms with E-state index in [2.05, 4.69) is 5.32 Å². The van der Waals surface area contributed by atoms with Crippen LogP contribution in [0.25, 0.3) is 6.08 Å². The van der Waals surface area contributed by atoms with E-state index in [0.717, 1.165) is 11.1 Å². The maximum Gasteiger partial charge on any atom is 0.217 e. The SMILES string of the molecule is CC(=O)NCC=Cc1ccc(C2OCCO2)cc1. The van der Waals surface area contributed by atoms with Crippen LogP contribution in [0.15, 0.2) is 30.3 Å². The molecule has 4 heteroatoms. The van der Waals surface area contributed by atoms with Crippen LogP contribution in [0.5, 0.6) is 0 Å². The standard InChI is InChI=1S/C14H17NO3/c1-11(16)15-8-2-3-12-4-6-13(7-5-12)14-17-9-10-18-14/h2-7,14H,8-10H2,1H3,(H,15,16). The van der Waals surface area contributed by atoms with Gasteiger partial charge in [-0.1, -0.05) is 36.4 Å². The molecule has 1 aliphatic rings. The molecule has 0 unspecified atom stereocenters. The number of rotatable bonds is 4. The summed E-state index contributed by atoms with van der Waals surface area (Å²) in [6, 6.07) is 8.00. The minimum Gasteiger partial charge on any atom is -0.353 e. The lowest BCUT2D eigenvalue weighted by Crippen LogP contribution is -2.19. The molecule has 1 amide bonds. The summed E-state index contributed by atoms with van der Waals surface area (Å²) in [5.74, 6) is -0.0227. The number of carbonyl (C=O) groups excluding carboxylic acids is 1. The molecule has 0 spiro atoms. The van der Waals surface area contributed by atoms with Crippen molar-refractivity contribution in [3.8, 4) is 0 Å². The first-order valence-corrected chi connectivity index (χ1v) is 6.00. The van der Waals surface area contributed by atoms with Crippen molar-refractivity contribution in [2.24, 2.45) is 0 Å². The molecule has 2 rings (SSSR count). The summed E-state index contributed by atoms with van der Waals surface area (Å²) in [6.45, 7) is 3.36. The second-order valence-corrected chi connectivity index (χ2v) is 4.08. The van der Waals surface area contributed by atoms with Crippen LogP contribution in [0.4, 0.5) is 0 Å². The van der Waals surface area contributed by atoms with E-state index in [-0.39, 0.29) is 12.2 Å². The first kappa shape index (κ1) is 12.8. The molecule has 1 N–H and O–H groups in total. The lowest BCUT2D eigenvalue weighted by molar-refractivity contribution is -0.118. The molecule has 1 aliphatic heterocycles. The second-order valence-electron chi connectivity index (χ2n) is 4.08. The normalized spacial score (nSPS) is 16.3. The van der Waals surface area contributed by atoms with Gasteiger partial charge in [0.05, 0.1) is 13.2 Å². The van der Waals surface area contributed by atoms with E-state index in [1.165, 1.54) is 6.92 Å². The minimum atomic E-state index is -0.220. The fraction of sp³-hybridized carbons (Fsp3) is 0.357. The van der Waals surface area contributed by atoms with Crippen LogP contribution in [0.2, 0.25) is 0 Å². The minimum absolute atomic E-state index is 0.0227. The molecule has 96 valence electrons. The van der Waals surface area contributed by atoms with Gasteiger partial charge in [-0.3, -0.25) is 4.79 Å². The van der Waals surface area contributed by atoms with Gasteiger partial charge in [0.25, 0.3) is 0 Å². The molecule has 0 aromatic heterocycles. The van der Waals surface area contributed by atoms with Gasteiger partial charge in [-0.25, -0.2) is 0 Å². The predicted molar refractivity (Wildman–Crippen MR) is 68.8 cm³/mol. The molecule has 1 heterocycles. The lowest BCUT2D eigenvalue weighted by atomic mass is 10.1. The summed E-state index contributed by atoms with van der Waals surface area (Å²) < 4.78 is 10.8. The molecule has 1 fully saturated rings.